The SMILES string of the molecule is C[C@@]1(O)CC[C@H](c2cccnc2Oc2ccc(C=O)c(-c3nc4ccccc4[nH]3)c2)C1. The monoisotopic (exact) mass is 413 g/mol. The van der Waals surface area contributed by atoms with Crippen LogP contribution in [0, 0.1) is 0 Å². The number of aromatic amines is 1. The first-order valence-electron chi connectivity index (χ1n) is 10.4. The average Bonchev–Trinajstić information content (AvgIpc) is 3.37. The van der Waals surface area contributed by atoms with Crippen LogP contribution < -0.4 is 4.74 Å². The Labute approximate surface area is 179 Å². The van der Waals surface area contributed by atoms with Gasteiger partial charge in [0.1, 0.15) is 11.6 Å². The number of fused-ring (bicyclic) bond motifs is 1. The zero-order valence-corrected chi connectivity index (χ0v) is 17.2. The summed E-state index contributed by atoms with van der Waals surface area (Å²) < 4.78 is 6.18. The van der Waals surface area contributed by atoms with Crippen molar-refractivity contribution in [3.8, 4) is 23.0 Å². The molecule has 2 atom stereocenters. The van der Waals surface area contributed by atoms with Crippen LogP contribution in [-0.4, -0.2) is 31.9 Å². The second-order valence-corrected chi connectivity index (χ2v) is 8.41. The lowest BCUT2D eigenvalue weighted by Crippen LogP contribution is -2.18. The first-order valence-corrected chi connectivity index (χ1v) is 10.4. The van der Waals surface area contributed by atoms with E-state index in [1.54, 1.807) is 18.3 Å². The number of aldehydes is 1. The number of carbonyl (C=O) groups excluding carboxylic acids is 1. The van der Waals surface area contributed by atoms with Gasteiger partial charge >= 0.3 is 0 Å². The quantitative estimate of drug-likeness (QED) is 0.436. The van der Waals surface area contributed by atoms with Gasteiger partial charge in [-0.05, 0) is 68.5 Å². The van der Waals surface area contributed by atoms with Crippen LogP contribution in [-0.2, 0) is 0 Å². The predicted molar refractivity (Wildman–Crippen MR) is 118 cm³/mol. The average molecular weight is 413 g/mol. The lowest BCUT2D eigenvalue weighted by molar-refractivity contribution is 0.0664. The molecule has 6 nitrogen and oxygen atoms in total. The molecular weight excluding hydrogens is 390 g/mol. The maximum absolute atomic E-state index is 11.7. The number of para-hydroxylation sites is 2. The number of benzene rings is 2. The second kappa shape index (κ2) is 7.63. The molecule has 156 valence electrons. The minimum atomic E-state index is -0.655. The van der Waals surface area contributed by atoms with Crippen LogP contribution in [0.1, 0.15) is 48.0 Å². The third-order valence-corrected chi connectivity index (χ3v) is 5.97. The molecule has 1 fully saturated rings. The molecule has 2 aromatic carbocycles. The van der Waals surface area contributed by atoms with E-state index in [-0.39, 0.29) is 5.92 Å². The van der Waals surface area contributed by atoms with Gasteiger partial charge in [-0.15, -0.1) is 0 Å². The summed E-state index contributed by atoms with van der Waals surface area (Å²) in [7, 11) is 0. The van der Waals surface area contributed by atoms with Crippen molar-refractivity contribution in [3.05, 3.63) is 71.9 Å². The minimum absolute atomic E-state index is 0.197. The van der Waals surface area contributed by atoms with Crippen LogP contribution in [0.4, 0.5) is 0 Å². The fourth-order valence-corrected chi connectivity index (χ4v) is 4.38. The fraction of sp³-hybridized carbons (Fsp3) is 0.240. The van der Waals surface area contributed by atoms with Gasteiger partial charge in [-0.2, -0.15) is 0 Å². The topological polar surface area (TPSA) is 88.1 Å². The number of aromatic nitrogens is 3. The predicted octanol–water partition coefficient (Wildman–Crippen LogP) is 5.25. The summed E-state index contributed by atoms with van der Waals surface area (Å²) in [6.45, 7) is 1.88. The maximum Gasteiger partial charge on any atom is 0.222 e. The van der Waals surface area contributed by atoms with E-state index < -0.39 is 5.60 Å². The largest absolute Gasteiger partial charge is 0.439 e. The van der Waals surface area contributed by atoms with E-state index in [1.807, 2.05) is 49.4 Å². The normalized spacial score (nSPS) is 20.8. The smallest absolute Gasteiger partial charge is 0.222 e. The number of hydrogen-bond acceptors (Lipinski definition) is 5. The molecule has 5 rings (SSSR count). The lowest BCUT2D eigenvalue weighted by atomic mass is 9.96. The minimum Gasteiger partial charge on any atom is -0.439 e. The van der Waals surface area contributed by atoms with Gasteiger partial charge in [0.25, 0.3) is 0 Å². The van der Waals surface area contributed by atoms with Gasteiger partial charge in [0, 0.05) is 22.9 Å². The molecule has 4 aromatic rings. The van der Waals surface area contributed by atoms with Crippen LogP contribution in [0.2, 0.25) is 0 Å². The van der Waals surface area contributed by atoms with Gasteiger partial charge in [-0.25, -0.2) is 9.97 Å². The Morgan fingerprint density at radius 3 is 2.84 bits per heavy atom. The summed E-state index contributed by atoms with van der Waals surface area (Å²) in [5.41, 5.74) is 3.27. The molecule has 2 heterocycles. The van der Waals surface area contributed by atoms with Gasteiger partial charge in [0.2, 0.25) is 5.88 Å². The summed E-state index contributed by atoms with van der Waals surface area (Å²) in [5.74, 6) is 1.91. The maximum atomic E-state index is 11.7. The highest BCUT2D eigenvalue weighted by Crippen LogP contribution is 2.43. The zero-order chi connectivity index (χ0) is 21.4. The van der Waals surface area contributed by atoms with E-state index in [2.05, 4.69) is 15.0 Å². The number of imidazole rings is 1. The number of carbonyl (C=O) groups is 1. The summed E-state index contributed by atoms with van der Waals surface area (Å²) >= 11 is 0. The van der Waals surface area contributed by atoms with E-state index in [0.29, 0.717) is 35.0 Å². The Hall–Kier alpha value is -3.51. The molecule has 1 aliphatic rings. The highest BCUT2D eigenvalue weighted by molar-refractivity contribution is 5.89. The van der Waals surface area contributed by atoms with Crippen molar-refractivity contribution in [1.82, 2.24) is 15.0 Å². The van der Waals surface area contributed by atoms with E-state index in [1.165, 1.54) is 0 Å². The second-order valence-electron chi connectivity index (χ2n) is 8.41. The van der Waals surface area contributed by atoms with E-state index >= 15 is 0 Å². The molecular formula is C25H23N3O3. The van der Waals surface area contributed by atoms with Gasteiger partial charge < -0.3 is 14.8 Å². The Balaban J connectivity index is 1.50. The number of hydrogen-bond donors (Lipinski definition) is 2. The highest BCUT2D eigenvalue weighted by Gasteiger charge is 2.35. The summed E-state index contributed by atoms with van der Waals surface area (Å²) in [6.07, 6.45) is 4.86. The summed E-state index contributed by atoms with van der Waals surface area (Å²) in [6, 6.07) is 16.9. The molecule has 0 unspecified atom stereocenters. The Morgan fingerprint density at radius 1 is 1.19 bits per heavy atom. The van der Waals surface area contributed by atoms with Gasteiger partial charge in [-0.1, -0.05) is 18.2 Å². The molecule has 6 heteroatoms. The van der Waals surface area contributed by atoms with E-state index in [9.17, 15) is 9.90 Å². The molecule has 1 aliphatic carbocycles. The summed E-state index contributed by atoms with van der Waals surface area (Å²) in [4.78, 5) is 24.0. The molecule has 0 bridgehead atoms. The van der Waals surface area contributed by atoms with Crippen molar-refractivity contribution in [1.29, 1.82) is 0 Å². The fourth-order valence-electron chi connectivity index (χ4n) is 4.38. The Bertz CT molecular complexity index is 1230. The number of nitrogens with zero attached hydrogens (tertiary/aromatic N) is 2. The number of H-pyrrole nitrogens is 1. The van der Waals surface area contributed by atoms with Crippen molar-refractivity contribution < 1.29 is 14.6 Å². The number of rotatable bonds is 5. The van der Waals surface area contributed by atoms with E-state index in [4.69, 9.17) is 4.74 Å². The molecule has 0 spiro atoms. The van der Waals surface area contributed by atoms with Crippen LogP contribution in [0.5, 0.6) is 11.6 Å². The standard InChI is InChI=1S/C25H23N3O3/c1-25(30)11-10-16(14-25)19-5-4-12-26-24(19)31-18-9-8-17(15-29)20(13-18)23-27-21-6-2-3-7-22(21)28-23/h2-9,12-13,15-16,30H,10-11,14H2,1H3,(H,27,28)/t16-,25+/m0/s1. The van der Waals surface area contributed by atoms with Crippen LogP contribution in [0.25, 0.3) is 22.4 Å². The Kier molecular flexibility index (Phi) is 4.79. The number of pyridine rings is 1. The summed E-state index contributed by atoms with van der Waals surface area (Å²) in [5, 5.41) is 10.4. The van der Waals surface area contributed by atoms with Crippen LogP contribution >= 0.6 is 0 Å². The molecule has 31 heavy (non-hydrogen) atoms. The lowest BCUT2D eigenvalue weighted by Gasteiger charge is -2.18. The van der Waals surface area contributed by atoms with Crippen molar-refractivity contribution in [2.45, 2.75) is 37.7 Å². The van der Waals surface area contributed by atoms with Gasteiger partial charge in [0.05, 0.1) is 16.6 Å². The molecule has 0 radical (unpaired) electrons. The van der Waals surface area contributed by atoms with Crippen molar-refractivity contribution in [3.63, 3.8) is 0 Å². The van der Waals surface area contributed by atoms with Crippen molar-refractivity contribution in [2.75, 3.05) is 0 Å². The van der Waals surface area contributed by atoms with Crippen LogP contribution in [0.15, 0.2) is 60.8 Å². The zero-order valence-electron chi connectivity index (χ0n) is 17.2. The molecule has 1 saturated carbocycles. The van der Waals surface area contributed by atoms with Crippen molar-refractivity contribution >= 4 is 17.3 Å². The molecule has 2 aromatic heterocycles. The molecule has 2 N–H and O–H groups in total. The number of nitrogens with one attached hydrogen (secondary N) is 1. The molecule has 0 amide bonds. The first kappa shape index (κ1) is 19.5. The number of aliphatic hydroxyl groups is 1. The number of ether oxygens (including phenoxy) is 1. The van der Waals surface area contributed by atoms with Gasteiger partial charge in [0.15, 0.2) is 6.29 Å². The first-order chi connectivity index (χ1) is 15.0. The third kappa shape index (κ3) is 3.82. The highest BCUT2D eigenvalue weighted by atomic mass is 16.5. The molecule has 0 aliphatic heterocycles. The van der Waals surface area contributed by atoms with Crippen LogP contribution in [0.3, 0.4) is 0 Å². The van der Waals surface area contributed by atoms with E-state index in [0.717, 1.165) is 35.7 Å². The Morgan fingerprint density at radius 2 is 2.06 bits per heavy atom. The third-order valence-electron chi connectivity index (χ3n) is 5.97. The molecule has 0 saturated heterocycles. The van der Waals surface area contributed by atoms with Gasteiger partial charge in [-0.3, -0.25) is 4.79 Å². The van der Waals surface area contributed by atoms with Crippen molar-refractivity contribution in [2.24, 2.45) is 0 Å².